The van der Waals surface area contributed by atoms with Crippen molar-refractivity contribution in [3.8, 4) is 0 Å². The van der Waals surface area contributed by atoms with Gasteiger partial charge in [-0.3, -0.25) is 0 Å². The third-order valence-corrected chi connectivity index (χ3v) is 3.24. The number of halogens is 6. The molecule has 0 aromatic carbocycles. The Hall–Kier alpha value is 0.703. The molecule has 0 atom stereocenters. The van der Waals surface area contributed by atoms with Crippen molar-refractivity contribution in [2.45, 2.75) is 0 Å². The van der Waals surface area contributed by atoms with Crippen LogP contribution in [0.15, 0.2) is 0 Å². The van der Waals surface area contributed by atoms with Crippen molar-refractivity contribution in [2.24, 2.45) is 0 Å². The van der Waals surface area contributed by atoms with Gasteiger partial charge in [-0.05, 0) is 0 Å². The molecule has 0 unspecified atom stereocenters. The van der Waals surface area contributed by atoms with E-state index in [9.17, 15) is 28.8 Å². The normalized spacial score (nSPS) is 4.44. The molecule has 0 heterocycles. The molecule has 0 bridgehead atoms. The van der Waals surface area contributed by atoms with Gasteiger partial charge in [0, 0.05) is 0 Å². The van der Waals surface area contributed by atoms with E-state index in [0.29, 0.717) is 38.5 Å². The maximum atomic E-state index is 9.44. The standard InChI is InChI=1S/6CH3NO.6ClH.3Ti/c6*2-1-3;;;;;;;;;/h6*1H,(H2,2,3);6*1H;;;/q;;;;;;;;;;;;3*+4/p-12. The molecule has 0 spiro atoms. The summed E-state index contributed by atoms with van der Waals surface area (Å²) >= 11 is -2.17. The van der Waals surface area contributed by atoms with Crippen LogP contribution < -0.4 is 97.2 Å². The van der Waals surface area contributed by atoms with Gasteiger partial charge < -0.3 is 74.4 Å². The van der Waals surface area contributed by atoms with Crippen LogP contribution in [0.3, 0.4) is 0 Å². The van der Waals surface area contributed by atoms with Crippen LogP contribution in [-0.4, -0.2) is 38.5 Å². The minimum atomic E-state index is -0.722. The molecule has 0 aliphatic rings. The maximum Gasteiger partial charge on any atom is -1.00 e. The first-order valence-corrected chi connectivity index (χ1v) is 9.33. The van der Waals surface area contributed by atoms with Crippen LogP contribution in [0.5, 0.6) is 0 Å². The van der Waals surface area contributed by atoms with E-state index < -0.39 is 59.0 Å². The van der Waals surface area contributed by atoms with Gasteiger partial charge >= 0.3 is 149 Å². The fourth-order valence-corrected chi connectivity index (χ4v) is 1.24. The molecule has 0 aromatic heterocycles. The van der Waals surface area contributed by atoms with E-state index in [2.05, 4.69) is 22.8 Å². The van der Waals surface area contributed by atoms with Gasteiger partial charge in [-0.25, -0.2) is 0 Å². The quantitative estimate of drug-likeness (QED) is 0.0718. The van der Waals surface area contributed by atoms with Crippen molar-refractivity contribution in [1.82, 2.24) is 22.8 Å². The predicted octanol–water partition coefficient (Wildman–Crippen LogP) is -22.8. The van der Waals surface area contributed by atoms with Gasteiger partial charge in [0.15, 0.2) is 0 Å². The van der Waals surface area contributed by atoms with Crippen LogP contribution in [0, 0.1) is 0 Å². The summed E-state index contributed by atoms with van der Waals surface area (Å²) in [5.41, 5.74) is 0. The second-order valence-electron chi connectivity index (χ2n) is 1.95. The summed E-state index contributed by atoms with van der Waals surface area (Å²) in [6.07, 6.45) is 3.40. The van der Waals surface area contributed by atoms with Gasteiger partial charge in [-0.2, -0.15) is 0 Å². The minimum Gasteiger partial charge on any atom is -1.00 e. The van der Waals surface area contributed by atoms with Crippen LogP contribution in [0.1, 0.15) is 0 Å². The molecule has 0 rings (SSSR count). The number of hydrogen-bond acceptors (Lipinski definition) is 6. The number of amides is 6. The van der Waals surface area contributed by atoms with E-state index in [0.717, 1.165) is 0 Å². The number of hydrogen-bond donors (Lipinski definition) is 6. The zero-order valence-electron chi connectivity index (χ0n) is 12.7. The Bertz CT molecular complexity index is 240. The van der Waals surface area contributed by atoms with E-state index in [4.69, 9.17) is 0 Å². The zero-order valence-corrected chi connectivity index (χ0v) is 21.9. The van der Waals surface area contributed by atoms with Crippen LogP contribution in [0.2, 0.25) is 0 Å². The molecule has 0 radical (unpaired) electrons. The van der Waals surface area contributed by atoms with E-state index in [-0.39, 0.29) is 74.4 Å². The molecule has 0 aliphatic heterocycles. The van der Waals surface area contributed by atoms with Crippen LogP contribution in [-0.2, 0) is 87.8 Å². The third kappa shape index (κ3) is 101. The fraction of sp³-hybridized carbons (Fsp3) is 0. The van der Waals surface area contributed by atoms with Gasteiger partial charge in [0.05, 0.1) is 0 Å². The third-order valence-electron chi connectivity index (χ3n) is 0.787. The smallest absolute Gasteiger partial charge is 1.00 e. The molecule has 0 aromatic rings. The molecule has 6 N–H and O–H groups in total. The minimum absolute atomic E-state index is 0. The van der Waals surface area contributed by atoms with E-state index in [1.54, 1.807) is 0 Å². The average molecular weight is 621 g/mol. The van der Waals surface area contributed by atoms with Crippen LogP contribution in [0.4, 0.5) is 0 Å². The molecule has 0 saturated carbocycles. The zero-order chi connectivity index (χ0) is 16.6. The summed E-state index contributed by atoms with van der Waals surface area (Å²) in [5.74, 6) is 0. The van der Waals surface area contributed by atoms with Gasteiger partial charge in [-0.1, -0.05) is 0 Å². The summed E-state index contributed by atoms with van der Waals surface area (Å²) < 4.78 is 14.1. The first-order chi connectivity index (χ1) is 10.2. The second kappa shape index (κ2) is 71.5. The van der Waals surface area contributed by atoms with Crippen molar-refractivity contribution in [1.29, 1.82) is 0 Å². The Morgan fingerprint density at radius 2 is 0.444 bits per heavy atom. The van der Waals surface area contributed by atoms with Crippen LogP contribution in [0.25, 0.3) is 0 Å². The van der Waals surface area contributed by atoms with Crippen molar-refractivity contribution >= 4 is 38.5 Å². The Labute approximate surface area is 221 Å². The first kappa shape index (κ1) is 56.5. The van der Waals surface area contributed by atoms with Crippen molar-refractivity contribution in [2.75, 3.05) is 0 Å². The molecule has 156 valence electrons. The fourth-order valence-electron chi connectivity index (χ4n) is 0.302. The van der Waals surface area contributed by atoms with Gasteiger partial charge in [-0.15, -0.1) is 0 Å². The monoisotopic (exact) mass is 618 g/mol. The van der Waals surface area contributed by atoms with Crippen LogP contribution >= 0.6 is 0 Å². The Kier molecular flexibility index (Phi) is 150. The summed E-state index contributed by atoms with van der Waals surface area (Å²) in [7, 11) is 0. The molecule has 0 saturated heterocycles. The average Bonchev–Trinajstić information content (AvgIpc) is 2.50. The molecular weight excluding hydrogens is 608 g/mol. The summed E-state index contributed by atoms with van der Waals surface area (Å²) in [6.45, 7) is 0. The van der Waals surface area contributed by atoms with E-state index in [1.807, 2.05) is 0 Å². The Balaban J connectivity index is -0.0000000231. The summed E-state index contributed by atoms with van der Waals surface area (Å²) in [5, 5.41) is 0. The first-order valence-electron chi connectivity index (χ1n) is 4.65. The van der Waals surface area contributed by atoms with Crippen molar-refractivity contribution < 1.29 is 162 Å². The van der Waals surface area contributed by atoms with Crippen molar-refractivity contribution in [3.63, 3.8) is 0 Å². The number of rotatable bonds is 12. The maximum absolute atomic E-state index is 9.44. The van der Waals surface area contributed by atoms with E-state index >= 15 is 0 Å². The van der Waals surface area contributed by atoms with Crippen molar-refractivity contribution in [3.05, 3.63) is 0 Å². The van der Waals surface area contributed by atoms with Gasteiger partial charge in [0.25, 0.3) is 0 Å². The largest absolute Gasteiger partial charge is 1.00 e. The van der Waals surface area contributed by atoms with Gasteiger partial charge in [0.2, 0.25) is 0 Å². The number of nitrogens with one attached hydrogen (secondary N) is 6. The summed E-state index contributed by atoms with van der Waals surface area (Å²) in [4.78, 5) is 56.7. The number of carbonyl (C=O) groups excluding carboxylic acids is 6. The Morgan fingerprint density at radius 1 is 0.333 bits per heavy atom. The van der Waals surface area contributed by atoms with E-state index in [1.165, 1.54) is 0 Å². The molecule has 27 heavy (non-hydrogen) atoms. The van der Waals surface area contributed by atoms with Gasteiger partial charge in [0.1, 0.15) is 0 Å². The Morgan fingerprint density at radius 3 is 0.519 bits per heavy atom. The molecule has 0 aliphatic carbocycles. The molecule has 12 nitrogen and oxygen atoms in total. The molecule has 6 amide bonds. The predicted molar refractivity (Wildman–Crippen MR) is 55.2 cm³/mol. The molecule has 21 heteroatoms. The summed E-state index contributed by atoms with van der Waals surface area (Å²) in [6, 6.07) is 0. The molecular formula is C6H12Cl6N6O6Ti3. The SMILES string of the molecule is O=C[NH][Ti+2][NH]C=O.O=C[NH][Ti+2][NH]C=O.O=C[NH][Ti+2][NH]C=O.[Cl-].[Cl-].[Cl-].[Cl-].[Cl-].[Cl-]. The molecule has 0 fully saturated rings. The second-order valence-corrected chi connectivity index (χ2v) is 5.82. The number of carbonyl (C=O) groups is 6. The topological polar surface area (TPSA) is 175 Å².